The Kier molecular flexibility index (Phi) is 2.44. The van der Waals surface area contributed by atoms with E-state index in [4.69, 9.17) is 5.73 Å². The summed E-state index contributed by atoms with van der Waals surface area (Å²) in [4.78, 5) is 13.4. The average Bonchev–Trinajstić information content (AvgIpc) is 2.26. The molecule has 0 aliphatic carbocycles. The number of nitrogens with one attached hydrogen (secondary N) is 1. The summed E-state index contributed by atoms with van der Waals surface area (Å²) in [5.74, 6) is -1.86. The van der Waals surface area contributed by atoms with Gasteiger partial charge in [-0.15, -0.1) is 0 Å². The smallest absolute Gasteiger partial charge is 0.271 e. The number of hydrogen-bond donors (Lipinski definition) is 2. The van der Waals surface area contributed by atoms with Crippen molar-refractivity contribution in [2.75, 3.05) is 5.73 Å². The first-order chi connectivity index (χ1) is 7.58. The molecule has 0 bridgehead atoms. The van der Waals surface area contributed by atoms with Crippen LogP contribution in [0.25, 0.3) is 11.1 Å². The van der Waals surface area contributed by atoms with Crippen LogP contribution in [0.4, 0.5) is 14.5 Å². The molecule has 1 aromatic heterocycles. The van der Waals surface area contributed by atoms with Crippen LogP contribution in [0.1, 0.15) is 0 Å². The molecule has 0 saturated carbocycles. The molecule has 1 aromatic carbocycles. The van der Waals surface area contributed by atoms with Crippen molar-refractivity contribution in [1.29, 1.82) is 0 Å². The van der Waals surface area contributed by atoms with E-state index in [1.54, 1.807) is 0 Å². The van der Waals surface area contributed by atoms with Crippen molar-refractivity contribution in [3.05, 3.63) is 52.5 Å². The van der Waals surface area contributed by atoms with Crippen LogP contribution in [0.15, 0.2) is 35.3 Å². The molecule has 2 rings (SSSR count). The van der Waals surface area contributed by atoms with E-state index >= 15 is 0 Å². The van der Waals surface area contributed by atoms with Gasteiger partial charge in [-0.1, -0.05) is 6.07 Å². The number of nitrogens with two attached hydrogens (primary N) is 1. The van der Waals surface area contributed by atoms with Crippen LogP contribution in [0.3, 0.4) is 0 Å². The molecule has 0 atom stereocenters. The number of pyridine rings is 1. The Bertz CT molecular complexity index is 593. The second kappa shape index (κ2) is 3.77. The molecule has 0 aliphatic heterocycles. The van der Waals surface area contributed by atoms with E-state index in [1.165, 1.54) is 18.3 Å². The predicted octanol–water partition coefficient (Wildman–Crippen LogP) is 1.90. The van der Waals surface area contributed by atoms with Gasteiger partial charge in [-0.3, -0.25) is 4.79 Å². The Morgan fingerprint density at radius 2 is 1.81 bits per heavy atom. The third-order valence-corrected chi connectivity index (χ3v) is 2.18. The van der Waals surface area contributed by atoms with Gasteiger partial charge in [-0.25, -0.2) is 8.78 Å². The first-order valence-electron chi connectivity index (χ1n) is 4.51. The fourth-order valence-electron chi connectivity index (χ4n) is 1.34. The second-order valence-electron chi connectivity index (χ2n) is 3.30. The maximum atomic E-state index is 13.0. The lowest BCUT2D eigenvalue weighted by Crippen LogP contribution is -2.10. The molecular weight excluding hydrogens is 214 g/mol. The van der Waals surface area contributed by atoms with Gasteiger partial charge in [0.2, 0.25) is 0 Å². The molecule has 3 N–H and O–H groups in total. The van der Waals surface area contributed by atoms with Gasteiger partial charge in [0.05, 0.1) is 5.69 Å². The number of H-pyrrole nitrogens is 1. The molecule has 16 heavy (non-hydrogen) atoms. The van der Waals surface area contributed by atoms with Gasteiger partial charge in [-0.05, 0) is 23.8 Å². The predicted molar refractivity (Wildman–Crippen MR) is 56.8 cm³/mol. The van der Waals surface area contributed by atoms with Crippen molar-refractivity contribution in [3.8, 4) is 11.1 Å². The quantitative estimate of drug-likeness (QED) is 0.774. The van der Waals surface area contributed by atoms with Crippen LogP contribution in [0, 0.1) is 11.6 Å². The summed E-state index contributed by atoms with van der Waals surface area (Å²) >= 11 is 0. The normalized spacial score (nSPS) is 10.4. The first-order valence-corrected chi connectivity index (χ1v) is 4.51. The van der Waals surface area contributed by atoms with Gasteiger partial charge >= 0.3 is 0 Å². The Morgan fingerprint density at radius 3 is 2.44 bits per heavy atom. The van der Waals surface area contributed by atoms with Crippen molar-refractivity contribution in [2.45, 2.75) is 0 Å². The zero-order valence-electron chi connectivity index (χ0n) is 8.13. The number of aromatic nitrogens is 1. The minimum Gasteiger partial charge on any atom is -0.394 e. The van der Waals surface area contributed by atoms with Crippen LogP contribution in [0.5, 0.6) is 0 Å². The molecule has 1 heterocycles. The molecule has 2 aromatic rings. The Balaban J connectivity index is 2.54. The van der Waals surface area contributed by atoms with Gasteiger partial charge in [0.1, 0.15) is 0 Å². The van der Waals surface area contributed by atoms with E-state index in [-0.39, 0.29) is 5.69 Å². The summed E-state index contributed by atoms with van der Waals surface area (Å²) in [5.41, 5.74) is 6.00. The van der Waals surface area contributed by atoms with Gasteiger partial charge in [0.25, 0.3) is 5.56 Å². The number of halogens is 2. The number of aromatic amines is 1. The molecular formula is C11H8F2N2O. The molecule has 82 valence electrons. The largest absolute Gasteiger partial charge is 0.394 e. The third-order valence-electron chi connectivity index (χ3n) is 2.18. The molecule has 5 heteroatoms. The Morgan fingerprint density at radius 1 is 1.06 bits per heavy atom. The molecule has 0 spiro atoms. The van der Waals surface area contributed by atoms with Crippen molar-refractivity contribution in [3.63, 3.8) is 0 Å². The number of rotatable bonds is 1. The van der Waals surface area contributed by atoms with Crippen LogP contribution in [-0.2, 0) is 0 Å². The van der Waals surface area contributed by atoms with Gasteiger partial charge < -0.3 is 10.7 Å². The lowest BCUT2D eigenvalue weighted by molar-refractivity contribution is 0.509. The lowest BCUT2D eigenvalue weighted by atomic mass is 10.1. The number of anilines is 1. The minimum absolute atomic E-state index is 0.0298. The fourth-order valence-corrected chi connectivity index (χ4v) is 1.34. The number of nitrogen functional groups attached to an aromatic ring is 1. The van der Waals surface area contributed by atoms with Crippen molar-refractivity contribution < 1.29 is 8.78 Å². The summed E-state index contributed by atoms with van der Waals surface area (Å²) in [6.07, 6.45) is 1.39. The van der Waals surface area contributed by atoms with Crippen LogP contribution >= 0.6 is 0 Å². The molecule has 0 saturated heterocycles. The first kappa shape index (κ1) is 10.4. The van der Waals surface area contributed by atoms with Crippen molar-refractivity contribution >= 4 is 5.69 Å². The summed E-state index contributed by atoms with van der Waals surface area (Å²) < 4.78 is 25.7. The van der Waals surface area contributed by atoms with Crippen LogP contribution < -0.4 is 11.3 Å². The highest BCUT2D eigenvalue weighted by molar-refractivity contribution is 5.65. The summed E-state index contributed by atoms with van der Waals surface area (Å²) in [5, 5.41) is 0. The zero-order chi connectivity index (χ0) is 11.7. The molecule has 0 aliphatic rings. The summed E-state index contributed by atoms with van der Waals surface area (Å²) in [6.45, 7) is 0. The van der Waals surface area contributed by atoms with Crippen molar-refractivity contribution in [1.82, 2.24) is 4.98 Å². The monoisotopic (exact) mass is 222 g/mol. The van der Waals surface area contributed by atoms with E-state index in [0.29, 0.717) is 11.1 Å². The number of hydrogen-bond acceptors (Lipinski definition) is 2. The standard InChI is InChI=1S/C11H8F2N2O/c12-8-2-1-6(3-9(8)13)7-4-10(14)11(16)15-5-7/h1-5H,14H2,(H,15,16). The second-order valence-corrected chi connectivity index (χ2v) is 3.30. The summed E-state index contributed by atoms with van der Waals surface area (Å²) in [6, 6.07) is 4.88. The highest BCUT2D eigenvalue weighted by Gasteiger charge is 2.05. The maximum Gasteiger partial charge on any atom is 0.271 e. The SMILES string of the molecule is Nc1cc(-c2ccc(F)c(F)c2)c[nH]c1=O. The zero-order valence-corrected chi connectivity index (χ0v) is 8.13. The number of benzene rings is 1. The topological polar surface area (TPSA) is 58.9 Å². The molecule has 0 unspecified atom stereocenters. The molecule has 0 amide bonds. The van der Waals surface area contributed by atoms with E-state index < -0.39 is 17.2 Å². The highest BCUT2D eigenvalue weighted by Crippen LogP contribution is 2.21. The fraction of sp³-hybridized carbons (Fsp3) is 0. The molecule has 3 nitrogen and oxygen atoms in total. The van der Waals surface area contributed by atoms with Gasteiger partial charge in [0.15, 0.2) is 11.6 Å². The Hall–Kier alpha value is -2.17. The Labute approximate surface area is 89.5 Å². The van der Waals surface area contributed by atoms with Crippen LogP contribution in [-0.4, -0.2) is 4.98 Å². The van der Waals surface area contributed by atoms with Crippen molar-refractivity contribution in [2.24, 2.45) is 0 Å². The van der Waals surface area contributed by atoms with Gasteiger partial charge in [0, 0.05) is 11.8 Å². The maximum absolute atomic E-state index is 13.0. The van der Waals surface area contributed by atoms with E-state index in [9.17, 15) is 13.6 Å². The lowest BCUT2D eigenvalue weighted by Gasteiger charge is -2.02. The molecule has 0 radical (unpaired) electrons. The molecule has 0 fully saturated rings. The van der Waals surface area contributed by atoms with E-state index in [0.717, 1.165) is 12.1 Å². The van der Waals surface area contributed by atoms with E-state index in [1.807, 2.05) is 0 Å². The average molecular weight is 222 g/mol. The third kappa shape index (κ3) is 1.79. The van der Waals surface area contributed by atoms with Gasteiger partial charge in [-0.2, -0.15) is 0 Å². The summed E-state index contributed by atoms with van der Waals surface area (Å²) in [7, 11) is 0. The minimum atomic E-state index is -0.942. The van der Waals surface area contributed by atoms with E-state index in [2.05, 4.69) is 4.98 Å². The highest BCUT2D eigenvalue weighted by atomic mass is 19.2. The van der Waals surface area contributed by atoms with Crippen LogP contribution in [0.2, 0.25) is 0 Å².